The minimum atomic E-state index is -0.332. The van der Waals surface area contributed by atoms with Gasteiger partial charge in [0.1, 0.15) is 0 Å². The van der Waals surface area contributed by atoms with Crippen LogP contribution in [0.3, 0.4) is 0 Å². The highest BCUT2D eigenvalue weighted by molar-refractivity contribution is 6.52. The predicted molar refractivity (Wildman–Crippen MR) is 85.9 cm³/mol. The molecule has 0 bridgehead atoms. The van der Waals surface area contributed by atoms with Crippen molar-refractivity contribution < 1.29 is 9.31 Å². The first-order chi connectivity index (χ1) is 9.25. The fourth-order valence-corrected chi connectivity index (χ4v) is 2.27. The van der Waals surface area contributed by atoms with Gasteiger partial charge in [0.05, 0.1) is 11.2 Å². The van der Waals surface area contributed by atoms with Gasteiger partial charge < -0.3 is 9.31 Å². The molecule has 1 heterocycles. The Morgan fingerprint density at radius 3 is 2.30 bits per heavy atom. The maximum absolute atomic E-state index is 6.22. The summed E-state index contributed by atoms with van der Waals surface area (Å²) in [5.41, 5.74) is 1.65. The highest BCUT2D eigenvalue weighted by Gasteiger charge is 2.49. The van der Waals surface area contributed by atoms with Crippen LogP contribution in [-0.2, 0) is 15.7 Å². The van der Waals surface area contributed by atoms with Crippen LogP contribution < -0.4 is 0 Å². The van der Waals surface area contributed by atoms with Gasteiger partial charge in [-0.15, -0.1) is 0 Å². The summed E-state index contributed by atoms with van der Waals surface area (Å²) < 4.78 is 11.9. The lowest BCUT2D eigenvalue weighted by Gasteiger charge is -2.32. The van der Waals surface area contributed by atoms with Gasteiger partial charge in [0, 0.05) is 5.02 Å². The molecule has 0 radical (unpaired) electrons. The lowest BCUT2D eigenvalue weighted by molar-refractivity contribution is 0.00578. The molecule has 1 saturated heterocycles. The predicted octanol–water partition coefficient (Wildman–Crippen LogP) is 4.55. The van der Waals surface area contributed by atoms with Gasteiger partial charge in [-0.3, -0.25) is 0 Å². The van der Waals surface area contributed by atoms with E-state index in [1.807, 2.05) is 45.8 Å². The van der Waals surface area contributed by atoms with Crippen LogP contribution in [0.25, 0.3) is 6.08 Å². The summed E-state index contributed by atoms with van der Waals surface area (Å²) in [6.07, 6.45) is 2.97. The molecular weight excluding hydrogens is 270 g/mol. The molecule has 1 aromatic carbocycles. The zero-order chi connectivity index (χ0) is 15.0. The van der Waals surface area contributed by atoms with Gasteiger partial charge in [0.25, 0.3) is 0 Å². The van der Waals surface area contributed by atoms with E-state index in [0.717, 1.165) is 17.0 Å². The molecule has 1 fully saturated rings. The Morgan fingerprint density at radius 2 is 1.75 bits per heavy atom. The second-order valence-electron chi connectivity index (χ2n) is 6.19. The van der Waals surface area contributed by atoms with Crippen LogP contribution in [0.1, 0.15) is 45.7 Å². The summed E-state index contributed by atoms with van der Waals surface area (Å²) in [5.74, 6) is 1.93. The van der Waals surface area contributed by atoms with E-state index in [1.165, 1.54) is 5.56 Å². The lowest BCUT2D eigenvalue weighted by atomic mass is 9.89. The summed E-state index contributed by atoms with van der Waals surface area (Å²) in [6.45, 7) is 10.3. The molecule has 4 heteroatoms. The van der Waals surface area contributed by atoms with Crippen LogP contribution in [0.5, 0.6) is 0 Å². The van der Waals surface area contributed by atoms with Crippen molar-refractivity contribution in [3.63, 3.8) is 0 Å². The van der Waals surface area contributed by atoms with E-state index in [9.17, 15) is 0 Å². The van der Waals surface area contributed by atoms with Crippen LogP contribution in [0.15, 0.2) is 24.2 Å². The van der Waals surface area contributed by atoms with Crippen molar-refractivity contribution in [1.29, 1.82) is 0 Å². The number of aryl methyl sites for hydroxylation is 1. The topological polar surface area (TPSA) is 18.5 Å². The molecule has 0 spiro atoms. The van der Waals surface area contributed by atoms with E-state index in [-0.39, 0.29) is 18.3 Å². The molecule has 1 aliphatic rings. The van der Waals surface area contributed by atoms with Crippen molar-refractivity contribution in [1.82, 2.24) is 0 Å². The Labute approximate surface area is 127 Å². The summed E-state index contributed by atoms with van der Waals surface area (Å²) in [4.78, 5) is 0. The molecule has 20 heavy (non-hydrogen) atoms. The van der Waals surface area contributed by atoms with Gasteiger partial charge in [0.15, 0.2) is 0 Å². The molecule has 0 aromatic heterocycles. The monoisotopic (exact) mass is 292 g/mol. The number of hydrogen-bond acceptors (Lipinski definition) is 2. The van der Waals surface area contributed by atoms with Crippen LogP contribution >= 0.6 is 11.6 Å². The fourth-order valence-electron chi connectivity index (χ4n) is 2.09. The van der Waals surface area contributed by atoms with Crippen molar-refractivity contribution in [2.75, 3.05) is 0 Å². The number of rotatable bonds is 3. The normalized spacial score (nSPS) is 20.8. The van der Waals surface area contributed by atoms with E-state index in [1.54, 1.807) is 0 Å². The molecule has 0 saturated carbocycles. The molecule has 108 valence electrons. The molecule has 2 nitrogen and oxygen atoms in total. The standard InChI is InChI=1S/C16H22BClO2/c1-6-12-7-8-14(18)13(11-12)9-10-17-19-15(2,3)16(4,5)20-17/h7-11H,6H2,1-5H3. The molecular formula is C16H22BClO2. The number of halogens is 1. The summed E-state index contributed by atoms with van der Waals surface area (Å²) in [5, 5.41) is 0.745. The quantitative estimate of drug-likeness (QED) is 0.761. The van der Waals surface area contributed by atoms with Gasteiger partial charge in [0.2, 0.25) is 0 Å². The smallest absolute Gasteiger partial charge is 0.400 e. The zero-order valence-electron chi connectivity index (χ0n) is 12.9. The molecule has 0 amide bonds. The van der Waals surface area contributed by atoms with Crippen molar-refractivity contribution in [2.24, 2.45) is 0 Å². The Kier molecular flexibility index (Phi) is 4.34. The number of benzene rings is 1. The van der Waals surface area contributed by atoms with Crippen molar-refractivity contribution >= 4 is 24.8 Å². The maximum atomic E-state index is 6.22. The average Bonchev–Trinajstić information content (AvgIpc) is 2.57. The third kappa shape index (κ3) is 3.11. The van der Waals surface area contributed by atoms with Crippen LogP contribution in [-0.4, -0.2) is 18.3 Å². The fraction of sp³-hybridized carbons (Fsp3) is 0.500. The summed E-state index contributed by atoms with van der Waals surface area (Å²) >= 11 is 6.22. The van der Waals surface area contributed by atoms with E-state index < -0.39 is 0 Å². The van der Waals surface area contributed by atoms with Gasteiger partial charge in [-0.05, 0) is 51.3 Å². The maximum Gasteiger partial charge on any atom is 0.487 e. The first-order valence-electron chi connectivity index (χ1n) is 7.07. The molecule has 0 aliphatic carbocycles. The highest BCUT2D eigenvalue weighted by Crippen LogP contribution is 2.37. The van der Waals surface area contributed by atoms with Crippen molar-refractivity contribution in [2.45, 2.75) is 52.2 Å². The zero-order valence-corrected chi connectivity index (χ0v) is 13.6. The Balaban J connectivity index is 2.15. The first-order valence-corrected chi connectivity index (χ1v) is 7.45. The lowest BCUT2D eigenvalue weighted by Crippen LogP contribution is -2.41. The molecule has 1 aliphatic heterocycles. The molecule has 1 aromatic rings. The summed E-state index contributed by atoms with van der Waals surface area (Å²) in [7, 11) is -0.332. The van der Waals surface area contributed by atoms with Gasteiger partial charge in [-0.1, -0.05) is 42.7 Å². The highest BCUT2D eigenvalue weighted by atomic mass is 35.5. The Morgan fingerprint density at radius 1 is 1.15 bits per heavy atom. The van der Waals surface area contributed by atoms with Gasteiger partial charge in [-0.25, -0.2) is 0 Å². The van der Waals surface area contributed by atoms with Gasteiger partial charge >= 0.3 is 7.12 Å². The first kappa shape index (κ1) is 15.6. The second kappa shape index (κ2) is 5.55. The Hall–Kier alpha value is -0.765. The molecule has 0 unspecified atom stereocenters. The largest absolute Gasteiger partial charge is 0.487 e. The third-order valence-electron chi connectivity index (χ3n) is 4.17. The van der Waals surface area contributed by atoms with Crippen LogP contribution in [0, 0.1) is 0 Å². The van der Waals surface area contributed by atoms with Crippen LogP contribution in [0.2, 0.25) is 5.02 Å². The van der Waals surface area contributed by atoms with Crippen molar-refractivity contribution in [3.8, 4) is 0 Å². The van der Waals surface area contributed by atoms with Crippen LogP contribution in [0.4, 0.5) is 0 Å². The minimum absolute atomic E-state index is 0.308. The molecule has 0 atom stereocenters. The average molecular weight is 293 g/mol. The SMILES string of the molecule is CCc1ccc(Cl)c(C=CB2OC(C)(C)C(C)(C)O2)c1. The Bertz CT molecular complexity index is 507. The van der Waals surface area contributed by atoms with E-state index in [4.69, 9.17) is 20.9 Å². The third-order valence-corrected chi connectivity index (χ3v) is 4.52. The van der Waals surface area contributed by atoms with E-state index in [2.05, 4.69) is 19.1 Å². The van der Waals surface area contributed by atoms with Gasteiger partial charge in [-0.2, -0.15) is 0 Å². The van der Waals surface area contributed by atoms with Crippen molar-refractivity contribution in [3.05, 3.63) is 40.3 Å². The van der Waals surface area contributed by atoms with E-state index in [0.29, 0.717) is 0 Å². The second-order valence-corrected chi connectivity index (χ2v) is 6.60. The van der Waals surface area contributed by atoms with E-state index >= 15 is 0 Å². The molecule has 2 rings (SSSR count). The molecule has 0 N–H and O–H groups in total. The number of hydrogen-bond donors (Lipinski definition) is 0. The summed E-state index contributed by atoms with van der Waals surface area (Å²) in [6, 6.07) is 6.09. The minimum Gasteiger partial charge on any atom is -0.400 e.